The number of carbonyl (C=O) groups is 2. The number of carboxylic acid groups (broad SMARTS) is 2. The quantitative estimate of drug-likeness (QED) is 0.546. The van der Waals surface area contributed by atoms with Crippen LogP contribution in [-0.2, 0) is 9.59 Å². The lowest BCUT2D eigenvalue weighted by atomic mass is 10.1. The number of nitrogens with two attached hydrogens (primary N) is 2. The fourth-order valence-electron chi connectivity index (χ4n) is 0.570. The van der Waals surface area contributed by atoms with E-state index >= 15 is 0 Å². The van der Waals surface area contributed by atoms with Gasteiger partial charge in [-0.15, -0.1) is 0 Å². The van der Waals surface area contributed by atoms with Crippen molar-refractivity contribution in [3.05, 3.63) is 0 Å². The molecule has 0 fully saturated rings. The molecule has 6 heteroatoms. The van der Waals surface area contributed by atoms with E-state index in [0.29, 0.717) is 0 Å². The van der Waals surface area contributed by atoms with Gasteiger partial charge in [-0.2, -0.15) is 0 Å². The van der Waals surface area contributed by atoms with Gasteiger partial charge in [0.25, 0.3) is 0 Å². The maximum Gasteiger partial charge on any atom is 0.320 e. The summed E-state index contributed by atoms with van der Waals surface area (Å²) in [4.78, 5) is 20.0. The molecule has 0 unspecified atom stereocenters. The largest absolute Gasteiger partial charge is 0.480 e. The van der Waals surface area contributed by atoms with Gasteiger partial charge in [0.05, 0.1) is 0 Å². The van der Waals surface area contributed by atoms with E-state index in [1.165, 1.54) is 0 Å². The van der Waals surface area contributed by atoms with Crippen LogP contribution in [0.4, 0.5) is 0 Å². The SMILES string of the molecule is CC(C)[C@@H](N)C(=O)O.CC(C)[C@@H](N)C(=O)O. The van der Waals surface area contributed by atoms with Crippen molar-refractivity contribution in [3.63, 3.8) is 0 Å². The van der Waals surface area contributed by atoms with Crippen LogP contribution < -0.4 is 11.5 Å². The van der Waals surface area contributed by atoms with Gasteiger partial charge >= 0.3 is 11.9 Å². The van der Waals surface area contributed by atoms with Gasteiger partial charge in [0, 0.05) is 0 Å². The minimum atomic E-state index is -0.931. The molecule has 0 amide bonds. The highest BCUT2D eigenvalue weighted by atomic mass is 16.4. The van der Waals surface area contributed by atoms with Crippen molar-refractivity contribution in [1.82, 2.24) is 0 Å². The number of hydrogen-bond acceptors (Lipinski definition) is 4. The third-order valence-corrected chi connectivity index (χ3v) is 2.01. The van der Waals surface area contributed by atoms with Crippen molar-refractivity contribution in [2.75, 3.05) is 0 Å². The second-order valence-electron chi connectivity index (χ2n) is 4.22. The van der Waals surface area contributed by atoms with E-state index in [1.807, 2.05) is 0 Å². The fraction of sp³-hybridized carbons (Fsp3) is 0.800. The van der Waals surface area contributed by atoms with Crippen molar-refractivity contribution in [2.24, 2.45) is 23.3 Å². The Bertz CT molecular complexity index is 205. The summed E-state index contributed by atoms with van der Waals surface area (Å²) in [5.74, 6) is -1.82. The Kier molecular flexibility index (Phi) is 8.70. The molecule has 0 aromatic heterocycles. The second-order valence-corrected chi connectivity index (χ2v) is 4.22. The summed E-state index contributed by atoms with van der Waals surface area (Å²) in [5.41, 5.74) is 10.3. The molecule has 96 valence electrons. The molecular formula is C10H22N2O4. The van der Waals surface area contributed by atoms with E-state index in [9.17, 15) is 9.59 Å². The van der Waals surface area contributed by atoms with E-state index in [0.717, 1.165) is 0 Å². The average molecular weight is 234 g/mol. The van der Waals surface area contributed by atoms with Gasteiger partial charge in [-0.3, -0.25) is 9.59 Å². The first kappa shape index (κ1) is 17.3. The maximum absolute atomic E-state index is 10.0. The molecule has 0 spiro atoms. The lowest BCUT2D eigenvalue weighted by Gasteiger charge is -2.07. The van der Waals surface area contributed by atoms with Crippen LogP contribution in [0.25, 0.3) is 0 Å². The van der Waals surface area contributed by atoms with Gasteiger partial charge in [-0.05, 0) is 11.8 Å². The molecule has 0 saturated heterocycles. The zero-order valence-electron chi connectivity index (χ0n) is 10.2. The van der Waals surface area contributed by atoms with Gasteiger partial charge in [-0.1, -0.05) is 27.7 Å². The number of carboxylic acids is 2. The third-order valence-electron chi connectivity index (χ3n) is 2.01. The number of rotatable bonds is 4. The Labute approximate surface area is 95.6 Å². The number of hydrogen-bond donors (Lipinski definition) is 4. The molecule has 0 aromatic rings. The summed E-state index contributed by atoms with van der Waals surface area (Å²) < 4.78 is 0. The van der Waals surface area contributed by atoms with Crippen molar-refractivity contribution < 1.29 is 19.8 Å². The van der Waals surface area contributed by atoms with Crippen molar-refractivity contribution in [2.45, 2.75) is 39.8 Å². The molecule has 6 nitrogen and oxygen atoms in total. The summed E-state index contributed by atoms with van der Waals surface area (Å²) in [6.45, 7) is 7.11. The summed E-state index contributed by atoms with van der Waals surface area (Å²) in [5, 5.41) is 16.5. The van der Waals surface area contributed by atoms with Crippen molar-refractivity contribution >= 4 is 11.9 Å². The van der Waals surface area contributed by atoms with Crippen LogP contribution in [0.1, 0.15) is 27.7 Å². The van der Waals surface area contributed by atoms with E-state index in [-0.39, 0.29) is 11.8 Å². The monoisotopic (exact) mass is 234 g/mol. The molecular weight excluding hydrogens is 212 g/mol. The van der Waals surface area contributed by atoms with Gasteiger partial charge in [-0.25, -0.2) is 0 Å². The van der Waals surface area contributed by atoms with Crippen molar-refractivity contribution in [3.8, 4) is 0 Å². The summed E-state index contributed by atoms with van der Waals surface area (Å²) in [6.07, 6.45) is 0. The predicted molar refractivity (Wildman–Crippen MR) is 60.9 cm³/mol. The van der Waals surface area contributed by atoms with Gasteiger partial charge in [0.15, 0.2) is 0 Å². The molecule has 0 aliphatic carbocycles. The molecule has 16 heavy (non-hydrogen) atoms. The minimum absolute atomic E-state index is 0.0208. The highest BCUT2D eigenvalue weighted by Crippen LogP contribution is 1.96. The fourth-order valence-corrected chi connectivity index (χ4v) is 0.570. The van der Waals surface area contributed by atoms with E-state index in [2.05, 4.69) is 0 Å². The Hall–Kier alpha value is -1.14. The first-order valence-electron chi connectivity index (χ1n) is 5.08. The molecule has 0 heterocycles. The lowest BCUT2D eigenvalue weighted by Crippen LogP contribution is -2.34. The van der Waals surface area contributed by atoms with E-state index in [1.54, 1.807) is 27.7 Å². The van der Waals surface area contributed by atoms with Crippen LogP contribution in [0, 0.1) is 11.8 Å². The zero-order valence-corrected chi connectivity index (χ0v) is 10.2. The first-order chi connectivity index (χ1) is 7.11. The molecule has 0 aromatic carbocycles. The molecule has 0 aliphatic rings. The Morgan fingerprint density at radius 1 is 0.812 bits per heavy atom. The molecule has 0 radical (unpaired) electrons. The van der Waals surface area contributed by atoms with E-state index in [4.69, 9.17) is 21.7 Å². The van der Waals surface area contributed by atoms with Crippen LogP contribution in [-0.4, -0.2) is 34.2 Å². The van der Waals surface area contributed by atoms with Gasteiger partial charge < -0.3 is 21.7 Å². The maximum atomic E-state index is 10.0. The Morgan fingerprint density at radius 2 is 1.00 bits per heavy atom. The molecule has 0 bridgehead atoms. The normalized spacial score (nSPS) is 14.0. The predicted octanol–water partition coefficient (Wildman–Crippen LogP) is 0.109. The summed E-state index contributed by atoms with van der Waals surface area (Å²) in [7, 11) is 0. The molecule has 0 saturated carbocycles. The average Bonchev–Trinajstić information content (AvgIpc) is 2.15. The van der Waals surface area contributed by atoms with Crippen LogP contribution in [0.5, 0.6) is 0 Å². The van der Waals surface area contributed by atoms with Crippen LogP contribution >= 0.6 is 0 Å². The topological polar surface area (TPSA) is 127 Å². The standard InChI is InChI=1S/2C5H11NO2/c2*1-3(2)4(6)5(7)8/h2*3-4H,6H2,1-2H3,(H,7,8)/t2*4-/m11/s1. The highest BCUT2D eigenvalue weighted by Gasteiger charge is 2.14. The van der Waals surface area contributed by atoms with E-state index < -0.39 is 24.0 Å². The Morgan fingerprint density at radius 3 is 1.00 bits per heavy atom. The Balaban J connectivity index is 0. The minimum Gasteiger partial charge on any atom is -0.480 e. The summed E-state index contributed by atoms with van der Waals surface area (Å²) >= 11 is 0. The molecule has 6 N–H and O–H groups in total. The first-order valence-corrected chi connectivity index (χ1v) is 5.08. The smallest absolute Gasteiger partial charge is 0.320 e. The molecule has 0 aliphatic heterocycles. The lowest BCUT2D eigenvalue weighted by molar-refractivity contribution is -0.140. The van der Waals surface area contributed by atoms with Crippen LogP contribution in [0.2, 0.25) is 0 Å². The second kappa shape index (κ2) is 8.06. The third kappa shape index (κ3) is 8.19. The van der Waals surface area contributed by atoms with Gasteiger partial charge in [0.1, 0.15) is 12.1 Å². The van der Waals surface area contributed by atoms with Crippen molar-refractivity contribution in [1.29, 1.82) is 0 Å². The summed E-state index contributed by atoms with van der Waals surface area (Å²) in [6, 6.07) is -1.43. The number of aliphatic carboxylic acids is 2. The molecule has 0 rings (SSSR count). The van der Waals surface area contributed by atoms with Crippen LogP contribution in [0.3, 0.4) is 0 Å². The highest BCUT2D eigenvalue weighted by molar-refractivity contribution is 5.73. The van der Waals surface area contributed by atoms with Gasteiger partial charge in [0.2, 0.25) is 0 Å². The van der Waals surface area contributed by atoms with Crippen LogP contribution in [0.15, 0.2) is 0 Å². The molecule has 2 atom stereocenters. The zero-order chi connectivity index (χ0) is 13.5.